The van der Waals surface area contributed by atoms with Crippen molar-refractivity contribution in [1.29, 1.82) is 0 Å². The van der Waals surface area contributed by atoms with Crippen molar-refractivity contribution in [2.45, 2.75) is 19.1 Å². The Morgan fingerprint density at radius 3 is 2.62 bits per heavy atom. The average Bonchev–Trinajstić information content (AvgIpc) is 2.29. The molecule has 0 spiro atoms. The molecule has 1 aliphatic heterocycles. The average molecular weight is 235 g/mol. The fourth-order valence-electron chi connectivity index (χ4n) is 1.96. The van der Waals surface area contributed by atoms with Crippen LogP contribution in [0.5, 0.6) is 0 Å². The second-order valence-corrected chi connectivity index (χ2v) is 5.78. The van der Waals surface area contributed by atoms with Gasteiger partial charge in [-0.3, -0.25) is 4.79 Å². The molecule has 0 amide bonds. The van der Waals surface area contributed by atoms with Gasteiger partial charge >= 0.3 is 0 Å². The van der Waals surface area contributed by atoms with Crippen LogP contribution in [-0.4, -0.2) is 29.9 Å². The van der Waals surface area contributed by atoms with E-state index in [9.17, 15) is 4.79 Å². The van der Waals surface area contributed by atoms with Crippen molar-refractivity contribution in [2.75, 3.05) is 23.7 Å². The van der Waals surface area contributed by atoms with Crippen molar-refractivity contribution >= 4 is 23.2 Å². The molecule has 1 saturated heterocycles. The van der Waals surface area contributed by atoms with Crippen LogP contribution < -0.4 is 4.90 Å². The van der Waals surface area contributed by atoms with Gasteiger partial charge < -0.3 is 4.90 Å². The van der Waals surface area contributed by atoms with E-state index in [4.69, 9.17) is 0 Å². The zero-order chi connectivity index (χ0) is 11.5. The summed E-state index contributed by atoms with van der Waals surface area (Å²) in [5, 5.41) is 0.696. The molecule has 0 aromatic heterocycles. The lowest BCUT2D eigenvalue weighted by Crippen LogP contribution is -2.36. The maximum Gasteiger partial charge on any atom is 0.159 e. The molecule has 1 atom stereocenters. The number of carbonyl (C=O) groups is 1. The summed E-state index contributed by atoms with van der Waals surface area (Å²) in [6.45, 7) is 6.08. The first-order chi connectivity index (χ1) is 7.66. The van der Waals surface area contributed by atoms with E-state index in [-0.39, 0.29) is 5.78 Å². The van der Waals surface area contributed by atoms with Gasteiger partial charge in [0.15, 0.2) is 5.78 Å². The number of carbonyl (C=O) groups excluding carboxylic acids is 1. The molecule has 16 heavy (non-hydrogen) atoms. The van der Waals surface area contributed by atoms with E-state index in [0.717, 1.165) is 18.7 Å². The number of thioether (sulfide) groups is 1. The summed E-state index contributed by atoms with van der Waals surface area (Å²) in [5.41, 5.74) is 2.03. The van der Waals surface area contributed by atoms with Crippen LogP contribution in [0.3, 0.4) is 0 Å². The Morgan fingerprint density at radius 1 is 1.38 bits per heavy atom. The quantitative estimate of drug-likeness (QED) is 0.735. The SMILES string of the molecule is CC(=O)c1ccc(N2CCSC(C)C2)cc1. The first-order valence-corrected chi connectivity index (χ1v) is 6.69. The third kappa shape index (κ3) is 2.59. The van der Waals surface area contributed by atoms with Crippen LogP contribution in [0.1, 0.15) is 24.2 Å². The Labute approximate surface area is 101 Å². The predicted octanol–water partition coefficient (Wildman–Crippen LogP) is 2.83. The summed E-state index contributed by atoms with van der Waals surface area (Å²) < 4.78 is 0. The van der Waals surface area contributed by atoms with Crippen LogP contribution in [0.25, 0.3) is 0 Å². The fourth-order valence-corrected chi connectivity index (χ4v) is 2.97. The minimum absolute atomic E-state index is 0.133. The highest BCUT2D eigenvalue weighted by molar-refractivity contribution is 8.00. The maximum atomic E-state index is 11.2. The van der Waals surface area contributed by atoms with Gasteiger partial charge in [-0.25, -0.2) is 0 Å². The molecule has 1 aromatic carbocycles. The molecule has 1 heterocycles. The zero-order valence-corrected chi connectivity index (χ0v) is 10.6. The third-order valence-corrected chi connectivity index (χ3v) is 4.02. The summed E-state index contributed by atoms with van der Waals surface area (Å²) in [4.78, 5) is 13.6. The van der Waals surface area contributed by atoms with Gasteiger partial charge in [-0.15, -0.1) is 0 Å². The van der Waals surface area contributed by atoms with Gasteiger partial charge in [0.2, 0.25) is 0 Å². The number of hydrogen-bond donors (Lipinski definition) is 0. The normalized spacial score (nSPS) is 20.9. The third-order valence-electron chi connectivity index (χ3n) is 2.88. The van der Waals surface area contributed by atoms with Gasteiger partial charge in [-0.1, -0.05) is 6.92 Å². The first kappa shape index (κ1) is 11.5. The predicted molar refractivity (Wildman–Crippen MR) is 70.6 cm³/mol. The van der Waals surface area contributed by atoms with Crippen molar-refractivity contribution in [1.82, 2.24) is 0 Å². The minimum atomic E-state index is 0.133. The highest BCUT2D eigenvalue weighted by Crippen LogP contribution is 2.23. The highest BCUT2D eigenvalue weighted by atomic mass is 32.2. The lowest BCUT2D eigenvalue weighted by molar-refractivity contribution is 0.101. The number of benzene rings is 1. The van der Waals surface area contributed by atoms with Crippen LogP contribution >= 0.6 is 11.8 Å². The number of Topliss-reactive ketones (excluding diaryl/α,β-unsaturated/α-hetero) is 1. The lowest BCUT2D eigenvalue weighted by atomic mass is 10.1. The molecule has 3 heteroatoms. The lowest BCUT2D eigenvalue weighted by Gasteiger charge is -2.32. The van der Waals surface area contributed by atoms with Crippen molar-refractivity contribution in [3.63, 3.8) is 0 Å². The molecule has 0 saturated carbocycles. The molecule has 2 rings (SSSR count). The summed E-state index contributed by atoms with van der Waals surface area (Å²) >= 11 is 2.03. The molecule has 1 fully saturated rings. The van der Waals surface area contributed by atoms with Gasteiger partial charge in [0.05, 0.1) is 0 Å². The second kappa shape index (κ2) is 4.91. The van der Waals surface area contributed by atoms with Gasteiger partial charge in [0.1, 0.15) is 0 Å². The molecule has 0 bridgehead atoms. The highest BCUT2D eigenvalue weighted by Gasteiger charge is 2.16. The van der Waals surface area contributed by atoms with Crippen LogP contribution in [0.2, 0.25) is 0 Å². The Bertz CT molecular complexity index is 374. The molecule has 0 radical (unpaired) electrons. The maximum absolute atomic E-state index is 11.2. The Kier molecular flexibility index (Phi) is 3.54. The summed E-state index contributed by atoms with van der Waals surface area (Å²) in [6.07, 6.45) is 0. The van der Waals surface area contributed by atoms with Crippen molar-refractivity contribution < 1.29 is 4.79 Å². The van der Waals surface area contributed by atoms with E-state index >= 15 is 0 Å². The van der Waals surface area contributed by atoms with E-state index in [1.807, 2.05) is 23.9 Å². The van der Waals surface area contributed by atoms with E-state index in [1.54, 1.807) is 6.92 Å². The fraction of sp³-hybridized carbons (Fsp3) is 0.462. The number of hydrogen-bond acceptors (Lipinski definition) is 3. The molecule has 1 aliphatic rings. The number of rotatable bonds is 2. The molecule has 2 nitrogen and oxygen atoms in total. The van der Waals surface area contributed by atoms with E-state index in [0.29, 0.717) is 5.25 Å². The van der Waals surface area contributed by atoms with E-state index in [1.165, 1.54) is 11.4 Å². The summed E-state index contributed by atoms with van der Waals surface area (Å²) in [7, 11) is 0. The first-order valence-electron chi connectivity index (χ1n) is 5.64. The topological polar surface area (TPSA) is 20.3 Å². The molecule has 86 valence electrons. The molecule has 0 N–H and O–H groups in total. The van der Waals surface area contributed by atoms with Crippen LogP contribution in [0, 0.1) is 0 Å². The van der Waals surface area contributed by atoms with Crippen LogP contribution in [-0.2, 0) is 0 Å². The van der Waals surface area contributed by atoms with Gasteiger partial charge in [0.25, 0.3) is 0 Å². The summed E-state index contributed by atoms with van der Waals surface area (Å²) in [6, 6.07) is 7.95. The standard InChI is InChI=1S/C13H17NOS/c1-10-9-14(7-8-16-10)13-5-3-12(4-6-13)11(2)15/h3-6,10H,7-9H2,1-2H3. The summed E-state index contributed by atoms with van der Waals surface area (Å²) in [5.74, 6) is 1.32. The van der Waals surface area contributed by atoms with Gasteiger partial charge in [-0.2, -0.15) is 11.8 Å². The van der Waals surface area contributed by atoms with Gasteiger partial charge in [0, 0.05) is 35.3 Å². The van der Waals surface area contributed by atoms with Crippen molar-refractivity contribution in [2.24, 2.45) is 0 Å². The minimum Gasteiger partial charge on any atom is -0.370 e. The van der Waals surface area contributed by atoms with Crippen molar-refractivity contribution in [3.8, 4) is 0 Å². The Hall–Kier alpha value is -0.960. The largest absolute Gasteiger partial charge is 0.370 e. The number of nitrogens with zero attached hydrogens (tertiary/aromatic N) is 1. The smallest absolute Gasteiger partial charge is 0.159 e. The van der Waals surface area contributed by atoms with Crippen LogP contribution in [0.4, 0.5) is 5.69 Å². The van der Waals surface area contributed by atoms with Crippen molar-refractivity contribution in [3.05, 3.63) is 29.8 Å². The monoisotopic (exact) mass is 235 g/mol. The van der Waals surface area contributed by atoms with Gasteiger partial charge in [-0.05, 0) is 31.2 Å². The Morgan fingerprint density at radius 2 is 2.06 bits per heavy atom. The zero-order valence-electron chi connectivity index (χ0n) is 9.77. The molecule has 0 aliphatic carbocycles. The molecular formula is C13H17NOS. The van der Waals surface area contributed by atoms with Crippen LogP contribution in [0.15, 0.2) is 24.3 Å². The second-order valence-electron chi connectivity index (χ2n) is 4.23. The molecule has 1 aromatic rings. The van der Waals surface area contributed by atoms with E-state index < -0.39 is 0 Å². The Balaban J connectivity index is 2.11. The number of anilines is 1. The number of ketones is 1. The molecule has 1 unspecified atom stereocenters. The molecular weight excluding hydrogens is 218 g/mol. The van der Waals surface area contributed by atoms with E-state index in [2.05, 4.69) is 24.0 Å².